The van der Waals surface area contributed by atoms with Gasteiger partial charge in [-0.2, -0.15) is 0 Å². The van der Waals surface area contributed by atoms with Crippen LogP contribution in [0.3, 0.4) is 0 Å². The largest absolute Gasteiger partial charge is 0.393 e. The topological polar surface area (TPSA) is 90.2 Å². The first-order chi connectivity index (χ1) is 15.9. The van der Waals surface area contributed by atoms with Crippen molar-refractivity contribution in [2.45, 2.75) is 148 Å². The van der Waals surface area contributed by atoms with Crippen molar-refractivity contribution < 1.29 is 25.2 Å². The van der Waals surface area contributed by atoms with Crippen LogP contribution in [0.2, 0.25) is 0 Å². The summed E-state index contributed by atoms with van der Waals surface area (Å²) < 4.78 is 6.52. The highest BCUT2D eigenvalue weighted by molar-refractivity contribution is 5.25. The lowest BCUT2D eigenvalue weighted by atomic mass is 9.35. The van der Waals surface area contributed by atoms with E-state index >= 15 is 0 Å². The number of rotatable bonds is 2. The SMILES string of the molecule is CC(C)(O)[C@H]1CC[C@@](C)([C@@]2(O)CC[C@]3(C)[C@@H]2[C@H](O)C[C@H]2[C@@]4(C)CC[C@H](O)C(C)(C)[C@@H]4CC[C@]23C)O1. The monoisotopic (exact) mass is 492 g/mol. The molecule has 202 valence electrons. The summed E-state index contributed by atoms with van der Waals surface area (Å²) >= 11 is 0. The fourth-order valence-corrected chi connectivity index (χ4v) is 11.1. The average Bonchev–Trinajstić information content (AvgIpc) is 3.29. The van der Waals surface area contributed by atoms with Crippen LogP contribution in [-0.2, 0) is 4.74 Å². The van der Waals surface area contributed by atoms with Gasteiger partial charge in [0.05, 0.1) is 35.1 Å². The van der Waals surface area contributed by atoms with E-state index in [0.717, 1.165) is 38.5 Å². The molecule has 4 aliphatic carbocycles. The molecule has 4 N–H and O–H groups in total. The normalized spacial score (nSPS) is 57.9. The molecule has 5 aliphatic rings. The molecular weight excluding hydrogens is 440 g/mol. The maximum Gasteiger partial charge on any atom is 0.0991 e. The third-order valence-electron chi connectivity index (χ3n) is 13.4. The van der Waals surface area contributed by atoms with E-state index in [9.17, 15) is 20.4 Å². The van der Waals surface area contributed by atoms with E-state index in [1.54, 1.807) is 13.8 Å². The van der Waals surface area contributed by atoms with Crippen LogP contribution in [-0.4, -0.2) is 55.5 Å². The molecule has 0 radical (unpaired) electrons. The quantitative estimate of drug-likeness (QED) is 0.443. The summed E-state index contributed by atoms with van der Waals surface area (Å²) in [6.45, 7) is 17.3. The highest BCUT2D eigenvalue weighted by Gasteiger charge is 2.75. The summed E-state index contributed by atoms with van der Waals surface area (Å²) in [6.07, 6.45) is 6.50. The molecule has 0 spiro atoms. The van der Waals surface area contributed by atoms with Crippen LogP contribution in [0.15, 0.2) is 0 Å². The first kappa shape index (κ1) is 26.4. The number of fused-ring (bicyclic) bond motifs is 5. The van der Waals surface area contributed by atoms with Gasteiger partial charge in [0.15, 0.2) is 0 Å². The van der Waals surface area contributed by atoms with Gasteiger partial charge in [0.25, 0.3) is 0 Å². The molecule has 0 aromatic carbocycles. The number of hydrogen-bond donors (Lipinski definition) is 4. The number of aliphatic hydroxyl groups is 4. The summed E-state index contributed by atoms with van der Waals surface area (Å²) in [6, 6.07) is 0. The first-order valence-electron chi connectivity index (χ1n) is 14.4. The van der Waals surface area contributed by atoms with E-state index in [0.29, 0.717) is 31.1 Å². The molecule has 5 rings (SSSR count). The second-order valence-corrected chi connectivity index (χ2v) is 15.6. The van der Waals surface area contributed by atoms with Crippen LogP contribution in [0.5, 0.6) is 0 Å². The summed E-state index contributed by atoms with van der Waals surface area (Å²) in [5, 5.41) is 45.9. The molecule has 11 atom stereocenters. The Kier molecular flexibility index (Phi) is 5.63. The lowest BCUT2D eigenvalue weighted by Crippen LogP contribution is -2.69. The van der Waals surface area contributed by atoms with Crippen LogP contribution < -0.4 is 0 Å². The molecule has 0 amide bonds. The lowest BCUT2D eigenvalue weighted by Gasteiger charge is -2.71. The number of ether oxygens (including phenoxy) is 1. The Morgan fingerprint density at radius 3 is 2.03 bits per heavy atom. The van der Waals surface area contributed by atoms with Gasteiger partial charge in [0, 0.05) is 5.92 Å². The van der Waals surface area contributed by atoms with Gasteiger partial charge in [-0.3, -0.25) is 0 Å². The van der Waals surface area contributed by atoms with Crippen molar-refractivity contribution in [2.24, 2.45) is 39.4 Å². The molecule has 0 unspecified atom stereocenters. The molecule has 4 saturated carbocycles. The molecule has 5 nitrogen and oxygen atoms in total. The highest BCUT2D eigenvalue weighted by Crippen LogP contribution is 2.76. The van der Waals surface area contributed by atoms with Crippen LogP contribution in [0.4, 0.5) is 0 Å². The van der Waals surface area contributed by atoms with Crippen molar-refractivity contribution in [3.05, 3.63) is 0 Å². The van der Waals surface area contributed by atoms with Crippen LogP contribution in [0.25, 0.3) is 0 Å². The zero-order chi connectivity index (χ0) is 26.0. The van der Waals surface area contributed by atoms with E-state index in [-0.39, 0.29) is 39.8 Å². The van der Waals surface area contributed by atoms with Gasteiger partial charge >= 0.3 is 0 Å². The predicted octanol–water partition coefficient (Wildman–Crippen LogP) is 4.83. The third kappa shape index (κ3) is 3.17. The van der Waals surface area contributed by atoms with Crippen LogP contribution >= 0.6 is 0 Å². The van der Waals surface area contributed by atoms with Gasteiger partial charge in [-0.15, -0.1) is 0 Å². The fourth-order valence-electron chi connectivity index (χ4n) is 11.1. The van der Waals surface area contributed by atoms with Crippen molar-refractivity contribution in [1.82, 2.24) is 0 Å². The molecule has 5 fully saturated rings. The van der Waals surface area contributed by atoms with Gasteiger partial charge < -0.3 is 25.2 Å². The maximum absolute atomic E-state index is 12.5. The second-order valence-electron chi connectivity index (χ2n) is 15.6. The molecule has 0 aromatic heterocycles. The van der Waals surface area contributed by atoms with E-state index in [4.69, 9.17) is 4.74 Å². The smallest absolute Gasteiger partial charge is 0.0991 e. The van der Waals surface area contributed by atoms with E-state index in [1.165, 1.54) is 0 Å². The fraction of sp³-hybridized carbons (Fsp3) is 1.00. The van der Waals surface area contributed by atoms with Crippen molar-refractivity contribution >= 4 is 0 Å². The van der Waals surface area contributed by atoms with E-state index in [2.05, 4.69) is 34.6 Å². The molecule has 35 heavy (non-hydrogen) atoms. The zero-order valence-electron chi connectivity index (χ0n) is 23.5. The van der Waals surface area contributed by atoms with Gasteiger partial charge in [-0.05, 0) is 112 Å². The van der Waals surface area contributed by atoms with Crippen molar-refractivity contribution in [3.63, 3.8) is 0 Å². The molecule has 0 aromatic rings. The van der Waals surface area contributed by atoms with Gasteiger partial charge in [-0.1, -0.05) is 34.6 Å². The Labute approximate surface area is 213 Å². The van der Waals surface area contributed by atoms with E-state index < -0.39 is 22.9 Å². The Bertz CT molecular complexity index is 865. The first-order valence-corrected chi connectivity index (χ1v) is 14.4. The van der Waals surface area contributed by atoms with E-state index in [1.807, 2.05) is 6.92 Å². The Balaban J connectivity index is 1.52. The highest BCUT2D eigenvalue weighted by atomic mass is 16.5. The molecule has 1 saturated heterocycles. The maximum atomic E-state index is 12.5. The molecule has 1 aliphatic heterocycles. The minimum Gasteiger partial charge on any atom is -0.393 e. The van der Waals surface area contributed by atoms with Gasteiger partial charge in [0.1, 0.15) is 0 Å². The van der Waals surface area contributed by atoms with Crippen molar-refractivity contribution in [3.8, 4) is 0 Å². The molecule has 0 bridgehead atoms. The molecule has 1 heterocycles. The third-order valence-corrected chi connectivity index (χ3v) is 13.4. The van der Waals surface area contributed by atoms with Gasteiger partial charge in [0.2, 0.25) is 0 Å². The predicted molar refractivity (Wildman–Crippen MR) is 137 cm³/mol. The van der Waals surface area contributed by atoms with Crippen molar-refractivity contribution in [1.29, 1.82) is 0 Å². The van der Waals surface area contributed by atoms with Crippen LogP contribution in [0.1, 0.15) is 113 Å². The second kappa shape index (κ2) is 7.46. The minimum atomic E-state index is -1.12. The summed E-state index contributed by atoms with van der Waals surface area (Å²) in [5.41, 5.74) is -3.08. The van der Waals surface area contributed by atoms with Crippen LogP contribution in [0, 0.1) is 39.4 Å². The standard InChI is InChI=1S/C30H52O5/c1-24(2)19-9-13-27(6)20(26(19,5)12-10-21(24)32)17-18(31)23-28(27,7)15-16-30(23,34)29(8)14-11-22(35-29)25(3,4)33/h18-23,31-34H,9-17H2,1-8H3/t18-,19+,20+,21+,22-,23+,26+,27-,28-,29+,30-/m1/s1. The van der Waals surface area contributed by atoms with Gasteiger partial charge in [-0.25, -0.2) is 0 Å². The summed E-state index contributed by atoms with van der Waals surface area (Å²) in [4.78, 5) is 0. The summed E-state index contributed by atoms with van der Waals surface area (Å²) in [7, 11) is 0. The molecular formula is C30H52O5. The lowest BCUT2D eigenvalue weighted by molar-refractivity contribution is -0.277. The summed E-state index contributed by atoms with van der Waals surface area (Å²) in [5.74, 6) is 0.553. The number of hydrogen-bond acceptors (Lipinski definition) is 5. The average molecular weight is 493 g/mol. The zero-order valence-corrected chi connectivity index (χ0v) is 23.5. The number of aliphatic hydroxyl groups excluding tert-OH is 2. The molecule has 5 heteroatoms. The Morgan fingerprint density at radius 1 is 0.771 bits per heavy atom. The Morgan fingerprint density at radius 2 is 1.43 bits per heavy atom. The minimum absolute atomic E-state index is 0.00954. The Hall–Kier alpha value is -0.200. The van der Waals surface area contributed by atoms with Crippen molar-refractivity contribution in [2.75, 3.05) is 0 Å².